The monoisotopic (exact) mass is 579 g/mol. The molecule has 1 aliphatic carbocycles. The van der Waals surface area contributed by atoms with E-state index in [0.29, 0.717) is 17.7 Å². The number of hydrogen-bond acceptors (Lipinski definition) is 5. The second-order valence-electron chi connectivity index (χ2n) is 7.94. The largest absolute Gasteiger partial charge is 0.507 e. The summed E-state index contributed by atoms with van der Waals surface area (Å²) in [6.07, 6.45) is 3.39. The predicted molar refractivity (Wildman–Crippen MR) is 136 cm³/mol. The minimum absolute atomic E-state index is 0.0187. The van der Waals surface area contributed by atoms with Gasteiger partial charge >= 0.3 is 6.18 Å². The molecule has 6 nitrogen and oxygen atoms in total. The highest BCUT2D eigenvalue weighted by Gasteiger charge is 2.30. The number of benzene rings is 2. The van der Waals surface area contributed by atoms with Crippen LogP contribution in [0.15, 0.2) is 98.1 Å². The molecule has 0 saturated heterocycles. The third-order valence-corrected chi connectivity index (χ3v) is 7.66. The minimum Gasteiger partial charge on any atom is -0.507 e. The van der Waals surface area contributed by atoms with Crippen LogP contribution in [-0.4, -0.2) is 32.8 Å². The summed E-state index contributed by atoms with van der Waals surface area (Å²) in [6, 6.07) is 10.3. The van der Waals surface area contributed by atoms with Crippen LogP contribution in [0.1, 0.15) is 17.5 Å². The maximum absolute atomic E-state index is 12.7. The van der Waals surface area contributed by atoms with E-state index in [9.17, 15) is 26.7 Å². The van der Waals surface area contributed by atoms with Crippen LogP contribution in [0.5, 0.6) is 5.75 Å². The average molecular weight is 580 g/mol. The number of alkyl halides is 3. The summed E-state index contributed by atoms with van der Waals surface area (Å²) in [4.78, 5) is 4.14. The molecule has 4 rings (SSSR count). The van der Waals surface area contributed by atoms with Gasteiger partial charge in [-0.05, 0) is 76.0 Å². The highest BCUT2D eigenvalue weighted by atomic mass is 79.9. The van der Waals surface area contributed by atoms with Crippen LogP contribution in [-0.2, 0) is 16.2 Å². The Kier molecular flexibility index (Phi) is 7.53. The van der Waals surface area contributed by atoms with Crippen LogP contribution in [0.3, 0.4) is 0 Å². The number of aliphatic imine (C=N–C) groups is 1. The number of nitrogens with zero attached hydrogens (tertiary/aromatic N) is 1. The third-order valence-electron chi connectivity index (χ3n) is 5.50. The number of rotatable bonds is 7. The van der Waals surface area contributed by atoms with E-state index in [1.807, 2.05) is 24.3 Å². The fraction of sp³-hybridized carbons (Fsp3) is 0.160. The minimum atomic E-state index is -4.54. The second-order valence-corrected chi connectivity index (χ2v) is 10.6. The number of hydrogen-bond donors (Lipinski definition) is 3. The standard InChI is InChI=1S/C25H21BrF3N3O3S/c26-22-15-31-23-14-18(13-16(5-10-21(22)23)20-3-1-2-4-24(20)33)30-11-12-32-36(34,35)19-8-6-17(7-9-19)25(27,28)29/h1-9,13-15,30,32-33H,10-12H2. The Labute approximate surface area is 214 Å². The number of phenols is 1. The molecule has 0 spiro atoms. The summed E-state index contributed by atoms with van der Waals surface area (Å²) in [5.41, 5.74) is 2.86. The number of allylic oxidation sites excluding steroid dienone is 6. The van der Waals surface area contributed by atoms with Crippen molar-refractivity contribution in [2.24, 2.45) is 4.99 Å². The summed E-state index contributed by atoms with van der Waals surface area (Å²) in [5.74, 6) is 0.129. The first kappa shape index (κ1) is 25.9. The summed E-state index contributed by atoms with van der Waals surface area (Å²) < 4.78 is 66.4. The van der Waals surface area contributed by atoms with Gasteiger partial charge in [0.05, 0.1) is 16.2 Å². The fourth-order valence-electron chi connectivity index (χ4n) is 3.66. The molecule has 2 aromatic rings. The van der Waals surface area contributed by atoms with Crippen molar-refractivity contribution in [3.8, 4) is 5.75 Å². The molecule has 0 unspecified atom stereocenters. The smallest absolute Gasteiger partial charge is 0.416 e. The lowest BCUT2D eigenvalue weighted by Crippen LogP contribution is -2.31. The summed E-state index contributed by atoms with van der Waals surface area (Å²) in [6.45, 7) is 0.169. The van der Waals surface area contributed by atoms with Crippen molar-refractivity contribution in [1.82, 2.24) is 10.0 Å². The molecular formula is C25H21BrF3N3O3S. The zero-order valence-corrected chi connectivity index (χ0v) is 21.1. The molecule has 0 bridgehead atoms. The van der Waals surface area contributed by atoms with Gasteiger partial charge in [0.15, 0.2) is 0 Å². The van der Waals surface area contributed by atoms with Crippen LogP contribution in [0, 0.1) is 0 Å². The summed E-state index contributed by atoms with van der Waals surface area (Å²) >= 11 is 3.51. The second kappa shape index (κ2) is 10.5. The molecular weight excluding hydrogens is 559 g/mol. The van der Waals surface area contributed by atoms with Crippen molar-refractivity contribution >= 4 is 37.7 Å². The molecule has 2 aromatic carbocycles. The van der Waals surface area contributed by atoms with Gasteiger partial charge in [-0.2, -0.15) is 13.2 Å². The maximum Gasteiger partial charge on any atom is 0.416 e. The Morgan fingerprint density at radius 2 is 1.75 bits per heavy atom. The van der Waals surface area contributed by atoms with E-state index in [4.69, 9.17) is 0 Å². The van der Waals surface area contributed by atoms with Gasteiger partial charge in [-0.25, -0.2) is 13.1 Å². The Balaban J connectivity index is 1.48. The molecule has 0 atom stereocenters. The Hall–Kier alpha value is -3.15. The van der Waals surface area contributed by atoms with Crippen molar-refractivity contribution in [1.29, 1.82) is 0 Å². The summed E-state index contributed by atoms with van der Waals surface area (Å²) in [7, 11) is -3.99. The van der Waals surface area contributed by atoms with Crippen LogP contribution in [0.4, 0.5) is 13.2 Å². The number of halogens is 4. The van der Waals surface area contributed by atoms with Gasteiger partial charge < -0.3 is 10.4 Å². The van der Waals surface area contributed by atoms with E-state index in [1.54, 1.807) is 24.4 Å². The third kappa shape index (κ3) is 5.97. The van der Waals surface area contributed by atoms with Crippen molar-refractivity contribution < 1.29 is 26.7 Å². The fourth-order valence-corrected chi connectivity index (χ4v) is 5.16. The SMILES string of the molecule is O=S(=O)(NCCNC1=CC(c2ccccc2O)=CCC2=C(Br)C=NC2=C1)c1ccc(C(F)(F)F)cc1. The molecule has 0 amide bonds. The quantitative estimate of drug-likeness (QED) is 0.390. The van der Waals surface area contributed by atoms with Crippen LogP contribution < -0.4 is 10.0 Å². The van der Waals surface area contributed by atoms with Crippen LogP contribution in [0.2, 0.25) is 0 Å². The van der Waals surface area contributed by atoms with Gasteiger partial charge in [-0.15, -0.1) is 0 Å². The van der Waals surface area contributed by atoms with Crippen molar-refractivity contribution in [2.75, 3.05) is 13.1 Å². The molecule has 36 heavy (non-hydrogen) atoms. The van der Waals surface area contributed by atoms with Crippen molar-refractivity contribution in [2.45, 2.75) is 17.5 Å². The van der Waals surface area contributed by atoms with E-state index in [1.165, 1.54) is 0 Å². The number of phenolic OH excluding ortho intramolecular Hbond substituents is 1. The Morgan fingerprint density at radius 1 is 1.03 bits per heavy atom. The number of aromatic hydroxyl groups is 1. The zero-order chi connectivity index (χ0) is 25.9. The highest BCUT2D eigenvalue weighted by molar-refractivity contribution is 9.12. The Bertz CT molecular complexity index is 1420. The van der Waals surface area contributed by atoms with Crippen LogP contribution in [0.25, 0.3) is 5.57 Å². The molecule has 0 saturated carbocycles. The van der Waals surface area contributed by atoms with Gasteiger partial charge in [0.25, 0.3) is 0 Å². The van der Waals surface area contributed by atoms with E-state index in [0.717, 1.165) is 45.6 Å². The average Bonchev–Trinajstić information content (AvgIpc) is 3.15. The highest BCUT2D eigenvalue weighted by Crippen LogP contribution is 2.35. The van der Waals surface area contributed by atoms with E-state index in [-0.39, 0.29) is 23.7 Å². The first-order chi connectivity index (χ1) is 17.0. The molecule has 2 aliphatic rings. The topological polar surface area (TPSA) is 90.8 Å². The zero-order valence-electron chi connectivity index (χ0n) is 18.7. The normalized spacial score (nSPS) is 16.1. The lowest BCUT2D eigenvalue weighted by Gasteiger charge is -2.15. The van der Waals surface area contributed by atoms with Gasteiger partial charge in [0.1, 0.15) is 5.75 Å². The number of para-hydroxylation sites is 1. The Morgan fingerprint density at radius 3 is 2.44 bits per heavy atom. The van der Waals surface area contributed by atoms with E-state index in [2.05, 4.69) is 31.0 Å². The van der Waals surface area contributed by atoms with E-state index >= 15 is 0 Å². The first-order valence-corrected chi connectivity index (χ1v) is 13.1. The predicted octanol–water partition coefficient (Wildman–Crippen LogP) is 5.27. The van der Waals surface area contributed by atoms with Gasteiger partial charge in [-0.1, -0.05) is 24.3 Å². The number of nitrogens with one attached hydrogen (secondary N) is 2. The lowest BCUT2D eigenvalue weighted by molar-refractivity contribution is -0.137. The van der Waals surface area contributed by atoms with Crippen LogP contribution >= 0.6 is 15.9 Å². The van der Waals surface area contributed by atoms with Gasteiger partial charge in [-0.3, -0.25) is 4.99 Å². The van der Waals surface area contributed by atoms with E-state index < -0.39 is 21.8 Å². The molecule has 188 valence electrons. The molecule has 0 fully saturated rings. The van der Waals surface area contributed by atoms with Crippen molar-refractivity contribution in [3.05, 3.63) is 99.3 Å². The number of fused-ring (bicyclic) bond motifs is 1. The van der Waals surface area contributed by atoms with Gasteiger partial charge in [0.2, 0.25) is 10.0 Å². The summed E-state index contributed by atoms with van der Waals surface area (Å²) in [5, 5.41) is 13.5. The molecule has 3 N–H and O–H groups in total. The lowest BCUT2D eigenvalue weighted by atomic mass is 9.97. The number of sulfonamides is 1. The van der Waals surface area contributed by atoms with Crippen molar-refractivity contribution in [3.63, 3.8) is 0 Å². The molecule has 0 aromatic heterocycles. The first-order valence-electron chi connectivity index (χ1n) is 10.8. The molecule has 0 radical (unpaired) electrons. The maximum atomic E-state index is 12.7. The molecule has 11 heteroatoms. The van der Waals surface area contributed by atoms with Gasteiger partial charge in [0, 0.05) is 35.0 Å². The molecule has 1 heterocycles. The molecule has 1 aliphatic heterocycles.